The molecule has 2 heterocycles. The normalized spacial score (nSPS) is 23.3. The molecule has 2 saturated heterocycles. The Hall–Kier alpha value is -2.08. The van der Waals surface area contributed by atoms with Gasteiger partial charge in [0.15, 0.2) is 0 Å². The van der Waals surface area contributed by atoms with Crippen molar-refractivity contribution < 1.29 is 14.4 Å². The second kappa shape index (κ2) is 7.50. The van der Waals surface area contributed by atoms with Crippen LogP contribution in [0.2, 0.25) is 5.02 Å². The molecule has 146 valence electrons. The van der Waals surface area contributed by atoms with Crippen LogP contribution in [0.4, 0.5) is 0 Å². The average molecular weight is 392 g/mol. The van der Waals surface area contributed by atoms with E-state index in [2.05, 4.69) is 0 Å². The van der Waals surface area contributed by atoms with Crippen LogP contribution in [-0.2, 0) is 9.59 Å². The Balaban J connectivity index is 1.89. The Morgan fingerprint density at radius 2 is 1.78 bits per heavy atom. The largest absolute Gasteiger partial charge is 0.345 e. The number of benzene rings is 1. The summed E-state index contributed by atoms with van der Waals surface area (Å²) in [5.41, 5.74) is 0.0974. The van der Waals surface area contributed by atoms with E-state index in [9.17, 15) is 14.4 Å². The van der Waals surface area contributed by atoms with E-state index in [1.165, 1.54) is 0 Å². The molecular formula is C20H26ClN3O3. The van der Waals surface area contributed by atoms with E-state index in [0.29, 0.717) is 49.7 Å². The molecule has 2 fully saturated rings. The van der Waals surface area contributed by atoms with E-state index < -0.39 is 5.41 Å². The summed E-state index contributed by atoms with van der Waals surface area (Å²) in [6, 6.07) is 6.89. The molecule has 1 unspecified atom stereocenters. The summed E-state index contributed by atoms with van der Waals surface area (Å²) in [5, 5.41) is 0.512. The van der Waals surface area contributed by atoms with Crippen molar-refractivity contribution in [3.8, 4) is 0 Å². The minimum absolute atomic E-state index is 0.0593. The van der Waals surface area contributed by atoms with Crippen LogP contribution in [0.5, 0.6) is 0 Å². The van der Waals surface area contributed by atoms with Gasteiger partial charge in [0.2, 0.25) is 11.8 Å². The van der Waals surface area contributed by atoms with E-state index in [1.54, 1.807) is 41.1 Å². The highest BCUT2D eigenvalue weighted by molar-refractivity contribution is 6.30. The minimum Gasteiger partial charge on any atom is -0.345 e. The Kier molecular flexibility index (Phi) is 5.47. The summed E-state index contributed by atoms with van der Waals surface area (Å²) in [5.74, 6) is -0.109. The number of hydrogen-bond acceptors (Lipinski definition) is 3. The van der Waals surface area contributed by atoms with Gasteiger partial charge < -0.3 is 14.7 Å². The maximum Gasteiger partial charge on any atom is 0.253 e. The Bertz CT molecular complexity index is 767. The number of rotatable bonds is 2. The highest BCUT2D eigenvalue weighted by Crippen LogP contribution is 2.35. The molecule has 1 aromatic carbocycles. The van der Waals surface area contributed by atoms with E-state index in [4.69, 9.17) is 11.6 Å². The van der Waals surface area contributed by atoms with Crippen molar-refractivity contribution in [2.45, 2.75) is 20.3 Å². The lowest BCUT2D eigenvalue weighted by molar-refractivity contribution is -0.135. The van der Waals surface area contributed by atoms with E-state index >= 15 is 0 Å². The monoisotopic (exact) mass is 391 g/mol. The fourth-order valence-corrected chi connectivity index (χ4v) is 4.30. The fourth-order valence-electron chi connectivity index (χ4n) is 4.10. The standard InChI is InChI=1S/C20H26ClN3O3/c1-14(2)18(26)23-7-8-24(19(27)15-5-4-6-16(21)9-15)13-20(12-23)10-17(25)22(3)11-20/h4-6,9,14H,7-8,10-13H2,1-3H3. The van der Waals surface area contributed by atoms with Crippen LogP contribution in [0.15, 0.2) is 24.3 Å². The van der Waals surface area contributed by atoms with Crippen LogP contribution in [0.25, 0.3) is 0 Å². The van der Waals surface area contributed by atoms with Crippen LogP contribution < -0.4 is 0 Å². The van der Waals surface area contributed by atoms with E-state index in [1.807, 2.05) is 18.7 Å². The lowest BCUT2D eigenvalue weighted by atomic mass is 9.85. The molecule has 3 rings (SSSR count). The first-order valence-corrected chi connectivity index (χ1v) is 9.66. The maximum atomic E-state index is 13.1. The summed E-state index contributed by atoms with van der Waals surface area (Å²) in [6.07, 6.45) is 0.352. The molecule has 6 nitrogen and oxygen atoms in total. The molecule has 1 spiro atoms. The molecule has 1 aromatic rings. The summed E-state index contributed by atoms with van der Waals surface area (Å²) in [4.78, 5) is 43.3. The number of carbonyl (C=O) groups is 3. The van der Waals surface area contributed by atoms with Gasteiger partial charge >= 0.3 is 0 Å². The average Bonchev–Trinajstić information content (AvgIpc) is 2.78. The second-order valence-corrected chi connectivity index (χ2v) is 8.51. The van der Waals surface area contributed by atoms with Crippen molar-refractivity contribution in [1.82, 2.24) is 14.7 Å². The Labute approximate surface area is 165 Å². The molecule has 0 aromatic heterocycles. The van der Waals surface area contributed by atoms with E-state index in [0.717, 1.165) is 0 Å². The second-order valence-electron chi connectivity index (χ2n) is 8.08. The van der Waals surface area contributed by atoms with Crippen molar-refractivity contribution >= 4 is 29.3 Å². The van der Waals surface area contributed by atoms with Gasteiger partial charge in [0.25, 0.3) is 5.91 Å². The SMILES string of the molecule is CC(C)C(=O)N1CCN(C(=O)c2cccc(Cl)c2)CC2(CC(=O)N(C)C2)C1. The van der Waals surface area contributed by atoms with Crippen molar-refractivity contribution in [2.24, 2.45) is 11.3 Å². The maximum absolute atomic E-state index is 13.1. The summed E-state index contributed by atoms with van der Waals surface area (Å²) < 4.78 is 0. The summed E-state index contributed by atoms with van der Waals surface area (Å²) in [7, 11) is 1.78. The topological polar surface area (TPSA) is 60.9 Å². The minimum atomic E-state index is -0.429. The lowest BCUT2D eigenvalue weighted by Gasteiger charge is -2.33. The first kappa shape index (κ1) is 19.7. The zero-order valence-corrected chi connectivity index (χ0v) is 16.8. The van der Waals surface area contributed by atoms with Crippen LogP contribution >= 0.6 is 11.6 Å². The molecule has 0 radical (unpaired) electrons. The van der Waals surface area contributed by atoms with Crippen molar-refractivity contribution in [3.05, 3.63) is 34.9 Å². The van der Waals surface area contributed by atoms with Crippen LogP contribution in [-0.4, -0.2) is 72.2 Å². The third-order valence-corrected chi connectivity index (χ3v) is 5.62. The van der Waals surface area contributed by atoms with Gasteiger partial charge in [-0.25, -0.2) is 0 Å². The molecule has 0 N–H and O–H groups in total. The number of hydrogen-bond donors (Lipinski definition) is 0. The highest BCUT2D eigenvalue weighted by atomic mass is 35.5. The zero-order valence-electron chi connectivity index (χ0n) is 16.1. The van der Waals surface area contributed by atoms with Gasteiger partial charge in [-0.3, -0.25) is 14.4 Å². The number of likely N-dealkylation sites (tertiary alicyclic amines) is 1. The Morgan fingerprint density at radius 1 is 1.11 bits per heavy atom. The molecule has 2 aliphatic rings. The molecule has 0 saturated carbocycles. The third kappa shape index (κ3) is 4.10. The molecule has 2 aliphatic heterocycles. The molecule has 0 aliphatic carbocycles. The Morgan fingerprint density at radius 3 is 2.37 bits per heavy atom. The molecule has 1 atom stereocenters. The number of halogens is 1. The van der Waals surface area contributed by atoms with Gasteiger partial charge in [0, 0.05) is 68.1 Å². The highest BCUT2D eigenvalue weighted by Gasteiger charge is 2.47. The predicted molar refractivity (Wildman–Crippen MR) is 103 cm³/mol. The third-order valence-electron chi connectivity index (χ3n) is 5.38. The van der Waals surface area contributed by atoms with Gasteiger partial charge in [-0.1, -0.05) is 31.5 Å². The van der Waals surface area contributed by atoms with Crippen molar-refractivity contribution in [3.63, 3.8) is 0 Å². The number of nitrogens with zero attached hydrogens (tertiary/aromatic N) is 3. The first-order chi connectivity index (χ1) is 12.7. The smallest absolute Gasteiger partial charge is 0.253 e. The van der Waals surface area contributed by atoms with Gasteiger partial charge in [0.1, 0.15) is 0 Å². The molecule has 7 heteroatoms. The predicted octanol–water partition coefficient (Wildman–Crippen LogP) is 2.13. The van der Waals surface area contributed by atoms with Gasteiger partial charge in [-0.05, 0) is 18.2 Å². The van der Waals surface area contributed by atoms with Gasteiger partial charge in [-0.15, -0.1) is 0 Å². The van der Waals surface area contributed by atoms with Crippen LogP contribution in [0.3, 0.4) is 0 Å². The number of amides is 3. The summed E-state index contributed by atoms with van der Waals surface area (Å²) in [6.45, 7) is 6.18. The molecule has 3 amide bonds. The summed E-state index contributed by atoms with van der Waals surface area (Å²) >= 11 is 6.04. The molecular weight excluding hydrogens is 366 g/mol. The van der Waals surface area contributed by atoms with Crippen LogP contribution in [0.1, 0.15) is 30.6 Å². The molecule has 0 bridgehead atoms. The van der Waals surface area contributed by atoms with Gasteiger partial charge in [-0.2, -0.15) is 0 Å². The lowest BCUT2D eigenvalue weighted by Crippen LogP contribution is -2.45. The zero-order chi connectivity index (χ0) is 19.8. The molecule has 27 heavy (non-hydrogen) atoms. The number of carbonyl (C=O) groups excluding carboxylic acids is 3. The van der Waals surface area contributed by atoms with Gasteiger partial charge in [0.05, 0.1) is 0 Å². The van der Waals surface area contributed by atoms with Crippen molar-refractivity contribution in [1.29, 1.82) is 0 Å². The first-order valence-electron chi connectivity index (χ1n) is 9.28. The van der Waals surface area contributed by atoms with Crippen molar-refractivity contribution in [2.75, 3.05) is 39.8 Å². The van der Waals surface area contributed by atoms with E-state index in [-0.39, 0.29) is 23.6 Å². The fraction of sp³-hybridized carbons (Fsp3) is 0.550. The van der Waals surface area contributed by atoms with Crippen LogP contribution in [0, 0.1) is 11.3 Å². The quantitative estimate of drug-likeness (QED) is 0.775.